The van der Waals surface area contributed by atoms with E-state index in [1.807, 2.05) is 62.0 Å². The Hall–Kier alpha value is -2.95. The number of carbonyl (C=O) groups excluding carboxylic acids is 3. The quantitative estimate of drug-likeness (QED) is 0.222. The minimum atomic E-state index is -0.774. The van der Waals surface area contributed by atoms with Crippen molar-refractivity contribution in [3.63, 3.8) is 0 Å². The molecule has 1 unspecified atom stereocenters. The van der Waals surface area contributed by atoms with Gasteiger partial charge in [0, 0.05) is 56.4 Å². The van der Waals surface area contributed by atoms with E-state index in [0.717, 1.165) is 51.9 Å². The van der Waals surface area contributed by atoms with E-state index in [1.165, 1.54) is 5.56 Å². The number of carbonyl (C=O) groups is 3. The lowest BCUT2D eigenvalue weighted by Gasteiger charge is -2.29. The van der Waals surface area contributed by atoms with E-state index in [-0.39, 0.29) is 29.7 Å². The van der Waals surface area contributed by atoms with Crippen LogP contribution in [0.25, 0.3) is 10.2 Å². The average molecular weight is 638 g/mol. The van der Waals surface area contributed by atoms with Crippen molar-refractivity contribution in [2.24, 2.45) is 5.92 Å². The lowest BCUT2D eigenvalue weighted by atomic mass is 10.0. The molecule has 0 spiro atoms. The molecule has 3 N–H and O–H groups in total. The summed E-state index contributed by atoms with van der Waals surface area (Å²) >= 11 is 3.52. The third-order valence-electron chi connectivity index (χ3n) is 7.91. The number of benzene rings is 2. The normalized spacial score (nSPS) is 15.9. The molecule has 3 aromatic rings. The van der Waals surface area contributed by atoms with Crippen LogP contribution in [-0.4, -0.2) is 77.4 Å². The fourth-order valence-electron chi connectivity index (χ4n) is 5.34. The predicted molar refractivity (Wildman–Crippen MR) is 182 cm³/mol. The number of thioether (sulfide) groups is 1. The van der Waals surface area contributed by atoms with Crippen molar-refractivity contribution >= 4 is 51.0 Å². The Bertz CT molecular complexity index is 1370. The van der Waals surface area contributed by atoms with Gasteiger partial charge >= 0.3 is 0 Å². The molecule has 1 aromatic heterocycles. The van der Waals surface area contributed by atoms with Gasteiger partial charge in [-0.05, 0) is 42.0 Å². The first-order valence-corrected chi connectivity index (χ1v) is 17.8. The van der Waals surface area contributed by atoms with E-state index in [1.54, 1.807) is 11.3 Å². The van der Waals surface area contributed by atoms with Crippen LogP contribution in [-0.2, 0) is 27.2 Å². The van der Waals surface area contributed by atoms with Gasteiger partial charge in [-0.15, -0.1) is 11.3 Å². The van der Waals surface area contributed by atoms with Gasteiger partial charge in [0.2, 0.25) is 17.7 Å². The average Bonchev–Trinajstić information content (AvgIpc) is 3.42. The SMILES string of the molecule is CCCC(=O)N[C@@H](Cc1nc2ccc(C(C)C)cc2s1)C(=O)N[C@H](CNC(=O)C(C)CN1CCSCC1)Cc1ccccc1. The lowest BCUT2D eigenvalue weighted by Crippen LogP contribution is -2.54. The second-order valence-corrected chi connectivity index (χ2v) is 14.4. The number of hydrogen-bond donors (Lipinski definition) is 3. The first-order valence-electron chi connectivity index (χ1n) is 15.8. The third kappa shape index (κ3) is 10.3. The molecule has 3 amide bonds. The second-order valence-electron chi connectivity index (χ2n) is 12.0. The molecule has 3 atom stereocenters. The molecule has 2 aromatic carbocycles. The zero-order valence-corrected chi connectivity index (χ0v) is 28.1. The first-order chi connectivity index (χ1) is 21.2. The van der Waals surface area contributed by atoms with Crippen molar-refractivity contribution in [2.45, 2.75) is 71.4 Å². The van der Waals surface area contributed by atoms with Crippen molar-refractivity contribution < 1.29 is 14.4 Å². The molecular weight excluding hydrogens is 591 g/mol. The highest BCUT2D eigenvalue weighted by molar-refractivity contribution is 7.99. The van der Waals surface area contributed by atoms with Crippen molar-refractivity contribution in [1.82, 2.24) is 25.8 Å². The molecule has 1 aliphatic rings. The first kappa shape index (κ1) is 33.9. The smallest absolute Gasteiger partial charge is 0.243 e. The summed E-state index contributed by atoms with van der Waals surface area (Å²) in [4.78, 5) is 46.7. The lowest BCUT2D eigenvalue weighted by molar-refractivity contribution is -0.129. The fourth-order valence-corrected chi connectivity index (χ4v) is 7.38. The summed E-state index contributed by atoms with van der Waals surface area (Å²) in [6.45, 7) is 11.3. The molecule has 44 heavy (non-hydrogen) atoms. The van der Waals surface area contributed by atoms with Crippen molar-refractivity contribution in [1.29, 1.82) is 0 Å². The predicted octanol–water partition coefficient (Wildman–Crippen LogP) is 4.78. The highest BCUT2D eigenvalue weighted by atomic mass is 32.2. The number of aromatic nitrogens is 1. The van der Waals surface area contributed by atoms with Gasteiger partial charge in [0.25, 0.3) is 0 Å². The maximum atomic E-state index is 13.8. The number of fused-ring (bicyclic) bond motifs is 1. The largest absolute Gasteiger partial charge is 0.354 e. The van der Waals surface area contributed by atoms with Gasteiger partial charge in [0.1, 0.15) is 6.04 Å². The topological polar surface area (TPSA) is 103 Å². The Labute approximate surface area is 270 Å². The van der Waals surface area contributed by atoms with Gasteiger partial charge in [-0.1, -0.05) is 64.1 Å². The number of amides is 3. The minimum absolute atomic E-state index is 0.0152. The Morgan fingerprint density at radius 1 is 0.955 bits per heavy atom. The standard InChI is InChI=1S/C34H47N5O3S2/c1-5-9-31(40)37-29(20-32-38-28-13-12-26(23(2)3)19-30(28)44-32)34(42)36-27(18-25-10-7-6-8-11-25)21-35-33(41)24(4)22-39-14-16-43-17-15-39/h6-8,10-13,19,23-24,27,29H,5,9,14-18,20-22H2,1-4H3,(H,35,41)(H,36,42)(H,37,40)/t24?,27-,29-/m0/s1. The van der Waals surface area contributed by atoms with Crippen LogP contribution in [0.1, 0.15) is 62.6 Å². The monoisotopic (exact) mass is 637 g/mol. The number of nitrogens with zero attached hydrogens (tertiary/aromatic N) is 2. The maximum Gasteiger partial charge on any atom is 0.243 e. The van der Waals surface area contributed by atoms with E-state index in [9.17, 15) is 14.4 Å². The van der Waals surface area contributed by atoms with Crippen LogP contribution in [0.4, 0.5) is 0 Å². The maximum absolute atomic E-state index is 13.8. The van der Waals surface area contributed by atoms with Crippen molar-refractivity contribution in [2.75, 3.05) is 37.7 Å². The number of thiazole rings is 1. The van der Waals surface area contributed by atoms with E-state index < -0.39 is 6.04 Å². The summed E-state index contributed by atoms with van der Waals surface area (Å²) in [5.74, 6) is 2.02. The Morgan fingerprint density at radius 3 is 2.41 bits per heavy atom. The molecule has 4 rings (SSSR count). The molecule has 8 nitrogen and oxygen atoms in total. The van der Waals surface area contributed by atoms with Crippen LogP contribution in [0.3, 0.4) is 0 Å². The van der Waals surface area contributed by atoms with Crippen LogP contribution in [0, 0.1) is 5.92 Å². The molecule has 0 bridgehead atoms. The van der Waals surface area contributed by atoms with Crippen molar-refractivity contribution in [3.05, 3.63) is 64.7 Å². The van der Waals surface area contributed by atoms with E-state index in [0.29, 0.717) is 38.1 Å². The molecule has 0 aliphatic carbocycles. The van der Waals surface area contributed by atoms with Gasteiger partial charge in [0.05, 0.1) is 21.3 Å². The van der Waals surface area contributed by atoms with Gasteiger partial charge in [-0.25, -0.2) is 4.98 Å². The highest BCUT2D eigenvalue weighted by Crippen LogP contribution is 2.27. The second kappa shape index (κ2) is 16.9. The zero-order valence-electron chi connectivity index (χ0n) is 26.4. The third-order valence-corrected chi connectivity index (χ3v) is 9.89. The fraction of sp³-hybridized carbons (Fsp3) is 0.529. The number of hydrogen-bond acceptors (Lipinski definition) is 7. The summed E-state index contributed by atoms with van der Waals surface area (Å²) in [5.41, 5.74) is 3.20. The highest BCUT2D eigenvalue weighted by Gasteiger charge is 2.26. The summed E-state index contributed by atoms with van der Waals surface area (Å²) in [6.07, 6.45) is 1.89. The Kier molecular flexibility index (Phi) is 13.1. The van der Waals surface area contributed by atoms with Crippen LogP contribution in [0.5, 0.6) is 0 Å². The molecule has 0 saturated carbocycles. The Balaban J connectivity index is 1.46. The molecule has 1 fully saturated rings. The summed E-state index contributed by atoms with van der Waals surface area (Å²) in [6, 6.07) is 15.1. The van der Waals surface area contributed by atoms with Crippen LogP contribution in [0.15, 0.2) is 48.5 Å². The number of rotatable bonds is 15. The van der Waals surface area contributed by atoms with Crippen molar-refractivity contribution in [3.8, 4) is 0 Å². The van der Waals surface area contributed by atoms with Crippen LogP contribution in [0.2, 0.25) is 0 Å². The van der Waals surface area contributed by atoms with Gasteiger partial charge in [0.15, 0.2) is 0 Å². The molecule has 10 heteroatoms. The molecular formula is C34H47N5O3S2. The molecule has 2 heterocycles. The molecule has 0 radical (unpaired) electrons. The van der Waals surface area contributed by atoms with Gasteiger partial charge < -0.3 is 20.9 Å². The molecule has 1 aliphatic heterocycles. The molecule has 238 valence electrons. The minimum Gasteiger partial charge on any atom is -0.354 e. The Morgan fingerprint density at radius 2 is 1.70 bits per heavy atom. The van der Waals surface area contributed by atoms with Crippen LogP contribution < -0.4 is 16.0 Å². The van der Waals surface area contributed by atoms with E-state index in [2.05, 4.69) is 46.8 Å². The summed E-state index contributed by atoms with van der Waals surface area (Å²) in [5, 5.41) is 10.0. The van der Waals surface area contributed by atoms with Crippen LogP contribution >= 0.6 is 23.1 Å². The summed E-state index contributed by atoms with van der Waals surface area (Å²) in [7, 11) is 0. The van der Waals surface area contributed by atoms with E-state index >= 15 is 0 Å². The zero-order chi connectivity index (χ0) is 31.5. The van der Waals surface area contributed by atoms with E-state index in [4.69, 9.17) is 4.98 Å². The van der Waals surface area contributed by atoms with Gasteiger partial charge in [-0.2, -0.15) is 11.8 Å². The molecule has 1 saturated heterocycles. The van der Waals surface area contributed by atoms with Gasteiger partial charge in [-0.3, -0.25) is 14.4 Å². The summed E-state index contributed by atoms with van der Waals surface area (Å²) < 4.78 is 1.08. The number of nitrogens with one attached hydrogen (secondary N) is 3.